The zero-order valence-electron chi connectivity index (χ0n) is 42.2. The van der Waals surface area contributed by atoms with Crippen LogP contribution in [0.15, 0.2) is 72.9 Å². The van der Waals surface area contributed by atoms with Crippen LogP contribution in [0, 0.1) is 0 Å². The van der Waals surface area contributed by atoms with E-state index in [2.05, 4.69) is 86.8 Å². The molecule has 1 heterocycles. The first kappa shape index (κ1) is 61.6. The molecule has 0 radical (unpaired) electrons. The highest BCUT2D eigenvalue weighted by Crippen LogP contribution is 2.23. The maximum atomic E-state index is 12.8. The number of hydrogen-bond donors (Lipinski definition) is 4. The van der Waals surface area contributed by atoms with E-state index in [0.717, 1.165) is 77.0 Å². The molecule has 0 bridgehead atoms. The SMILES string of the molecule is CC/C=C\C/C=C\C/C=C\C/C=C\CCCCCCC(=O)OC(COCCCCCCCCCCCCCCCC/C=C\C/C=C\CCCCCCC)COC1OC(CO)C(O)C(O)C1O. The number of aliphatic hydroxyl groups is 4. The van der Waals surface area contributed by atoms with Crippen LogP contribution in [-0.2, 0) is 23.7 Å². The molecule has 0 saturated carbocycles. The number of carbonyl (C=O) groups excluding carboxylic acids is 1. The lowest BCUT2D eigenvalue weighted by Gasteiger charge is -2.39. The van der Waals surface area contributed by atoms with E-state index in [9.17, 15) is 25.2 Å². The second-order valence-corrected chi connectivity index (χ2v) is 18.3. The van der Waals surface area contributed by atoms with Gasteiger partial charge in [-0.2, -0.15) is 0 Å². The van der Waals surface area contributed by atoms with E-state index < -0.39 is 43.4 Å². The molecule has 0 aromatic heterocycles. The Labute approximate surface area is 404 Å². The maximum Gasteiger partial charge on any atom is 0.306 e. The van der Waals surface area contributed by atoms with Crippen molar-refractivity contribution in [2.24, 2.45) is 0 Å². The largest absolute Gasteiger partial charge is 0.457 e. The number of aliphatic hydroxyl groups excluding tert-OH is 4. The fourth-order valence-electron chi connectivity index (χ4n) is 7.93. The van der Waals surface area contributed by atoms with Crippen LogP contribution in [0.4, 0.5) is 0 Å². The Bertz CT molecular complexity index is 1240. The molecule has 0 aromatic carbocycles. The number of allylic oxidation sites excluding steroid dienone is 12. The van der Waals surface area contributed by atoms with Crippen LogP contribution < -0.4 is 0 Å². The van der Waals surface area contributed by atoms with Gasteiger partial charge in [-0.25, -0.2) is 0 Å². The van der Waals surface area contributed by atoms with Crippen LogP contribution in [0.25, 0.3) is 0 Å². The first-order valence-corrected chi connectivity index (χ1v) is 27.0. The Morgan fingerprint density at radius 1 is 0.500 bits per heavy atom. The number of ether oxygens (including phenoxy) is 4. The van der Waals surface area contributed by atoms with Gasteiger partial charge in [-0.3, -0.25) is 4.79 Å². The molecule has 9 nitrogen and oxygen atoms in total. The van der Waals surface area contributed by atoms with Gasteiger partial charge in [0, 0.05) is 13.0 Å². The molecule has 382 valence electrons. The highest BCUT2D eigenvalue weighted by molar-refractivity contribution is 5.69. The molecule has 0 spiro atoms. The number of hydrogen-bond acceptors (Lipinski definition) is 9. The van der Waals surface area contributed by atoms with E-state index in [-0.39, 0.29) is 25.6 Å². The molecule has 4 N–H and O–H groups in total. The second-order valence-electron chi connectivity index (χ2n) is 18.3. The molecule has 6 unspecified atom stereocenters. The van der Waals surface area contributed by atoms with Gasteiger partial charge in [-0.15, -0.1) is 0 Å². The van der Waals surface area contributed by atoms with Gasteiger partial charge in [0.15, 0.2) is 6.29 Å². The molecule has 0 amide bonds. The van der Waals surface area contributed by atoms with Gasteiger partial charge in [0.25, 0.3) is 0 Å². The van der Waals surface area contributed by atoms with Crippen molar-refractivity contribution >= 4 is 5.97 Å². The van der Waals surface area contributed by atoms with Crippen LogP contribution in [0.3, 0.4) is 0 Å². The molecule has 6 atom stereocenters. The third-order valence-electron chi connectivity index (χ3n) is 12.1. The van der Waals surface area contributed by atoms with Crippen molar-refractivity contribution < 1.29 is 44.2 Å². The summed E-state index contributed by atoms with van der Waals surface area (Å²) in [7, 11) is 0. The van der Waals surface area contributed by atoms with Crippen LogP contribution in [0.1, 0.15) is 219 Å². The summed E-state index contributed by atoms with van der Waals surface area (Å²) in [6, 6.07) is 0. The predicted molar refractivity (Wildman–Crippen MR) is 274 cm³/mol. The highest BCUT2D eigenvalue weighted by atomic mass is 16.7. The first-order valence-electron chi connectivity index (χ1n) is 27.0. The van der Waals surface area contributed by atoms with E-state index >= 15 is 0 Å². The van der Waals surface area contributed by atoms with Gasteiger partial charge in [-0.1, -0.05) is 202 Å². The predicted octanol–water partition coefficient (Wildman–Crippen LogP) is 13.6. The summed E-state index contributed by atoms with van der Waals surface area (Å²) < 4.78 is 22.9. The fourth-order valence-corrected chi connectivity index (χ4v) is 7.93. The molecule has 1 aliphatic rings. The maximum absolute atomic E-state index is 12.8. The van der Waals surface area contributed by atoms with Gasteiger partial charge in [0.1, 0.15) is 30.5 Å². The van der Waals surface area contributed by atoms with Gasteiger partial charge in [0.2, 0.25) is 0 Å². The van der Waals surface area contributed by atoms with Gasteiger partial charge >= 0.3 is 5.97 Å². The van der Waals surface area contributed by atoms with Crippen molar-refractivity contribution in [3.63, 3.8) is 0 Å². The molecule has 1 fully saturated rings. The van der Waals surface area contributed by atoms with Crippen LogP contribution in [0.5, 0.6) is 0 Å². The minimum Gasteiger partial charge on any atom is -0.457 e. The molecule has 0 aromatic rings. The third-order valence-corrected chi connectivity index (χ3v) is 12.1. The van der Waals surface area contributed by atoms with Crippen molar-refractivity contribution in [2.75, 3.05) is 26.4 Å². The van der Waals surface area contributed by atoms with Gasteiger partial charge in [-0.05, 0) is 83.5 Å². The molecular formula is C57H100O9. The van der Waals surface area contributed by atoms with E-state index in [0.29, 0.717) is 6.61 Å². The quantitative estimate of drug-likeness (QED) is 0.0267. The summed E-state index contributed by atoms with van der Waals surface area (Å²) in [5.74, 6) is -0.337. The van der Waals surface area contributed by atoms with Crippen LogP contribution in [-0.4, -0.2) is 89.6 Å². The zero-order valence-corrected chi connectivity index (χ0v) is 42.2. The lowest BCUT2D eigenvalue weighted by Crippen LogP contribution is -2.59. The monoisotopic (exact) mass is 929 g/mol. The number of esters is 1. The van der Waals surface area contributed by atoms with Crippen molar-refractivity contribution in [1.29, 1.82) is 0 Å². The molecule has 1 saturated heterocycles. The van der Waals surface area contributed by atoms with Gasteiger partial charge < -0.3 is 39.4 Å². The van der Waals surface area contributed by atoms with Gasteiger partial charge in [0.05, 0.1) is 19.8 Å². The lowest BCUT2D eigenvalue weighted by atomic mass is 9.99. The number of unbranched alkanes of at least 4 members (excludes halogenated alkanes) is 23. The fraction of sp³-hybridized carbons (Fsp3) is 0.772. The minimum atomic E-state index is -1.54. The molecule has 0 aliphatic carbocycles. The Hall–Kier alpha value is -2.37. The van der Waals surface area contributed by atoms with Crippen molar-refractivity contribution in [2.45, 2.75) is 256 Å². The Balaban J connectivity index is 2.17. The topological polar surface area (TPSA) is 135 Å². The first-order chi connectivity index (χ1) is 32.4. The normalized spacial score (nSPS) is 19.9. The van der Waals surface area contributed by atoms with E-state index in [4.69, 9.17) is 18.9 Å². The summed E-state index contributed by atoms with van der Waals surface area (Å²) >= 11 is 0. The molecule has 66 heavy (non-hydrogen) atoms. The average molecular weight is 929 g/mol. The molecular weight excluding hydrogens is 829 g/mol. The Morgan fingerprint density at radius 3 is 1.39 bits per heavy atom. The summed E-state index contributed by atoms with van der Waals surface area (Å²) in [6.45, 7) is 4.41. The summed E-state index contributed by atoms with van der Waals surface area (Å²) in [5, 5.41) is 40.3. The third kappa shape index (κ3) is 37.6. The summed E-state index contributed by atoms with van der Waals surface area (Å²) in [5.41, 5.74) is 0. The molecule has 1 aliphatic heterocycles. The highest BCUT2D eigenvalue weighted by Gasteiger charge is 2.44. The minimum absolute atomic E-state index is 0.126. The average Bonchev–Trinajstić information content (AvgIpc) is 3.32. The Kier molecular flexibility index (Phi) is 44.5. The number of rotatable bonds is 46. The summed E-state index contributed by atoms with van der Waals surface area (Å²) in [4.78, 5) is 12.8. The second kappa shape index (κ2) is 47.7. The van der Waals surface area contributed by atoms with Crippen molar-refractivity contribution in [1.82, 2.24) is 0 Å². The van der Waals surface area contributed by atoms with E-state index in [1.54, 1.807) is 0 Å². The Morgan fingerprint density at radius 2 is 0.924 bits per heavy atom. The van der Waals surface area contributed by atoms with E-state index in [1.807, 2.05) is 0 Å². The van der Waals surface area contributed by atoms with E-state index in [1.165, 1.54) is 122 Å². The van der Waals surface area contributed by atoms with Crippen LogP contribution in [0.2, 0.25) is 0 Å². The zero-order chi connectivity index (χ0) is 47.8. The molecule has 1 rings (SSSR count). The van der Waals surface area contributed by atoms with Crippen LogP contribution >= 0.6 is 0 Å². The standard InChI is InChI=1S/C57H100O9/c1-3-5-7-9-11-13-15-17-19-21-22-23-24-25-26-27-28-29-31-33-35-37-39-41-43-45-47-63-49-51(50-64-57-56(62)55(61)54(60)52(48-58)66-57)65-53(59)46-44-42-40-38-36-34-32-30-20-18-16-14-12-10-8-6-4-2/h6,8,12,14-15,17-18,20-22,32,34,51-52,54-58,60-62H,3-5,7,9-11,13,16,19,23-31,33,35-50H2,1-2H3/b8-6-,14-12-,17-15-,20-18-,22-21-,34-32-. The summed E-state index contributed by atoms with van der Waals surface area (Å²) in [6.07, 6.45) is 56.6. The van der Waals surface area contributed by atoms with Crippen molar-refractivity contribution in [3.05, 3.63) is 72.9 Å². The number of carbonyl (C=O) groups is 1. The lowest BCUT2D eigenvalue weighted by molar-refractivity contribution is -0.305. The van der Waals surface area contributed by atoms with Crippen molar-refractivity contribution in [3.8, 4) is 0 Å². The molecule has 9 heteroatoms. The smallest absolute Gasteiger partial charge is 0.306 e.